The number of piperazine rings is 1. The van der Waals surface area contributed by atoms with E-state index in [0.29, 0.717) is 12.1 Å². The van der Waals surface area contributed by atoms with Crippen molar-refractivity contribution in [2.75, 3.05) is 32.7 Å². The van der Waals surface area contributed by atoms with Crippen LogP contribution in [0.15, 0.2) is 71.8 Å². The lowest BCUT2D eigenvalue weighted by atomic mass is 9.90. The van der Waals surface area contributed by atoms with Gasteiger partial charge in [-0.1, -0.05) is 73.3 Å². The maximum atomic E-state index is 4.81. The normalized spacial score (nSPS) is 22.3. The maximum Gasteiger partial charge on any atom is 0.0449 e. The molecule has 0 aromatic heterocycles. The van der Waals surface area contributed by atoms with Gasteiger partial charge in [0.25, 0.3) is 0 Å². The van der Waals surface area contributed by atoms with Gasteiger partial charge in [0, 0.05) is 48.9 Å². The molecule has 2 aliphatic rings. The van der Waals surface area contributed by atoms with Crippen molar-refractivity contribution in [3.63, 3.8) is 0 Å². The molecule has 3 nitrogen and oxygen atoms in total. The van der Waals surface area contributed by atoms with Crippen LogP contribution in [0, 0.1) is 6.92 Å². The SMILES string of the molecule is C=C(CC[C@H]1CCC[C@@H](c2cccc(C)c2)N1S(=C)(=C)c1ccccc1)N1CCN(CCC)CC1. The van der Waals surface area contributed by atoms with Gasteiger partial charge in [0.1, 0.15) is 0 Å². The van der Waals surface area contributed by atoms with Gasteiger partial charge in [-0.05, 0) is 69.7 Å². The molecule has 2 atom stereocenters. The molecule has 2 heterocycles. The van der Waals surface area contributed by atoms with E-state index in [0.717, 1.165) is 39.0 Å². The highest BCUT2D eigenvalue weighted by Gasteiger charge is 2.35. The molecule has 0 spiro atoms. The van der Waals surface area contributed by atoms with E-state index in [2.05, 4.69) is 89.1 Å². The number of rotatable bonds is 9. The van der Waals surface area contributed by atoms with Gasteiger partial charge in [-0.15, -0.1) is 9.39 Å². The lowest BCUT2D eigenvalue weighted by Crippen LogP contribution is -2.46. The summed E-state index contributed by atoms with van der Waals surface area (Å²) in [5.74, 6) is 9.63. The van der Waals surface area contributed by atoms with Gasteiger partial charge in [0.15, 0.2) is 0 Å². The predicted octanol–water partition coefficient (Wildman–Crippen LogP) is 6.85. The van der Waals surface area contributed by atoms with E-state index in [1.54, 1.807) is 0 Å². The van der Waals surface area contributed by atoms with Crippen molar-refractivity contribution in [3.8, 4) is 0 Å². The number of hydrogen-bond acceptors (Lipinski definition) is 3. The van der Waals surface area contributed by atoms with Crippen LogP contribution >= 0.6 is 9.39 Å². The van der Waals surface area contributed by atoms with Crippen LogP contribution in [0.2, 0.25) is 0 Å². The second-order valence-corrected chi connectivity index (χ2v) is 13.0. The summed E-state index contributed by atoms with van der Waals surface area (Å²) in [4.78, 5) is 6.39. The Morgan fingerprint density at radius 2 is 1.71 bits per heavy atom. The van der Waals surface area contributed by atoms with Crippen molar-refractivity contribution < 1.29 is 0 Å². The summed E-state index contributed by atoms with van der Waals surface area (Å²) in [6, 6.07) is 20.7. The molecule has 0 aliphatic carbocycles. The second kappa shape index (κ2) is 11.8. The Hall–Kier alpha value is -2.01. The smallest absolute Gasteiger partial charge is 0.0449 e. The van der Waals surface area contributed by atoms with Gasteiger partial charge >= 0.3 is 0 Å². The molecule has 0 N–H and O–H groups in total. The largest absolute Gasteiger partial charge is 0.373 e. The lowest BCUT2D eigenvalue weighted by molar-refractivity contribution is 0.150. The summed E-state index contributed by atoms with van der Waals surface area (Å²) in [5, 5.41) is 0. The van der Waals surface area contributed by atoms with Crippen molar-refractivity contribution in [2.45, 2.75) is 69.4 Å². The number of nitrogens with zero attached hydrogens (tertiary/aromatic N) is 3. The minimum absolute atomic E-state index is 0.365. The first kappa shape index (κ1) is 26.1. The average Bonchev–Trinajstić information content (AvgIpc) is 2.88. The fourth-order valence-corrected chi connectivity index (χ4v) is 8.34. The van der Waals surface area contributed by atoms with E-state index in [-0.39, 0.29) is 0 Å². The molecular formula is C31H45N3S. The second-order valence-electron chi connectivity index (χ2n) is 10.5. The minimum atomic E-state index is -1.62. The Morgan fingerprint density at radius 1 is 0.971 bits per heavy atom. The van der Waals surface area contributed by atoms with Crippen molar-refractivity contribution in [1.82, 2.24) is 14.1 Å². The average molecular weight is 492 g/mol. The topological polar surface area (TPSA) is 9.72 Å². The molecular weight excluding hydrogens is 446 g/mol. The first-order valence-electron chi connectivity index (χ1n) is 13.4. The van der Waals surface area contributed by atoms with Crippen molar-refractivity contribution in [1.29, 1.82) is 0 Å². The van der Waals surface area contributed by atoms with Crippen LogP contribution in [0.4, 0.5) is 0 Å². The van der Waals surface area contributed by atoms with Gasteiger partial charge in [-0.2, -0.15) is 0 Å². The van der Waals surface area contributed by atoms with Gasteiger partial charge in [-0.25, -0.2) is 4.31 Å². The molecule has 0 radical (unpaired) electrons. The van der Waals surface area contributed by atoms with E-state index < -0.39 is 9.39 Å². The molecule has 0 saturated carbocycles. The number of benzene rings is 2. The molecule has 4 heteroatoms. The third-order valence-corrected chi connectivity index (χ3v) is 10.3. The highest BCUT2D eigenvalue weighted by molar-refractivity contribution is 8.25. The number of piperidine rings is 1. The molecule has 4 rings (SSSR count). The summed E-state index contributed by atoms with van der Waals surface area (Å²) in [5.41, 5.74) is 4.06. The molecule has 2 saturated heterocycles. The Morgan fingerprint density at radius 3 is 2.40 bits per heavy atom. The van der Waals surface area contributed by atoms with Gasteiger partial charge in [0.05, 0.1) is 0 Å². The standard InChI is InChI=1S/C31H45N3S/c1-6-20-32-21-23-33(24-22-32)27(3)18-19-29-14-11-17-31(28-13-10-12-26(2)25-28)34(29)35(4,5)30-15-8-7-9-16-30/h7-10,12-13,15-16,25,29,31H,3-6,11,14,17-24H2,1-2H3/t29-,31+/m1/s1. The summed E-state index contributed by atoms with van der Waals surface area (Å²) in [6.07, 6.45) is 7.07. The van der Waals surface area contributed by atoms with Gasteiger partial charge < -0.3 is 4.90 Å². The lowest BCUT2D eigenvalue weighted by Gasteiger charge is -2.47. The van der Waals surface area contributed by atoms with Crippen LogP contribution < -0.4 is 0 Å². The summed E-state index contributed by atoms with van der Waals surface area (Å²) in [6.45, 7) is 14.8. The van der Waals surface area contributed by atoms with Crippen LogP contribution in [0.25, 0.3) is 0 Å². The summed E-state index contributed by atoms with van der Waals surface area (Å²) >= 11 is 0. The van der Waals surface area contributed by atoms with E-state index >= 15 is 0 Å². The van der Waals surface area contributed by atoms with Crippen LogP contribution in [0.3, 0.4) is 0 Å². The zero-order valence-electron chi connectivity index (χ0n) is 22.0. The molecule has 2 aliphatic heterocycles. The van der Waals surface area contributed by atoms with Crippen LogP contribution in [-0.4, -0.2) is 64.6 Å². The van der Waals surface area contributed by atoms with Crippen LogP contribution in [0.1, 0.15) is 62.6 Å². The third kappa shape index (κ3) is 6.22. The molecule has 2 aromatic rings. The Bertz CT molecular complexity index is 1070. The fourth-order valence-electron chi connectivity index (χ4n) is 5.94. The summed E-state index contributed by atoms with van der Waals surface area (Å²) < 4.78 is 2.73. The molecule has 2 fully saturated rings. The Balaban J connectivity index is 1.53. The van der Waals surface area contributed by atoms with Crippen molar-refractivity contribution in [2.24, 2.45) is 0 Å². The molecule has 190 valence electrons. The number of allylic oxidation sites excluding steroid dienone is 1. The minimum Gasteiger partial charge on any atom is -0.373 e. The number of aryl methyl sites for hydroxylation is 1. The van der Waals surface area contributed by atoms with E-state index in [9.17, 15) is 0 Å². The monoisotopic (exact) mass is 491 g/mol. The van der Waals surface area contributed by atoms with E-state index in [1.165, 1.54) is 53.9 Å². The van der Waals surface area contributed by atoms with Crippen molar-refractivity contribution >= 4 is 21.1 Å². The molecule has 0 unspecified atom stereocenters. The summed E-state index contributed by atoms with van der Waals surface area (Å²) in [7, 11) is -1.62. The maximum absolute atomic E-state index is 4.81. The van der Waals surface area contributed by atoms with Crippen molar-refractivity contribution in [3.05, 3.63) is 78.0 Å². The molecule has 2 aromatic carbocycles. The first-order valence-corrected chi connectivity index (χ1v) is 15.4. The third-order valence-electron chi connectivity index (χ3n) is 7.82. The zero-order valence-corrected chi connectivity index (χ0v) is 22.8. The highest BCUT2D eigenvalue weighted by atomic mass is 32.2. The van der Waals surface area contributed by atoms with E-state index in [4.69, 9.17) is 11.7 Å². The molecule has 0 amide bonds. The Labute approximate surface area is 215 Å². The zero-order chi connectivity index (χ0) is 24.8. The first-order chi connectivity index (χ1) is 16.9. The van der Waals surface area contributed by atoms with Gasteiger partial charge in [0.2, 0.25) is 0 Å². The number of hydrogen-bond donors (Lipinski definition) is 0. The molecule has 0 bridgehead atoms. The molecule has 35 heavy (non-hydrogen) atoms. The van der Waals surface area contributed by atoms with E-state index in [1.807, 2.05) is 0 Å². The quantitative estimate of drug-likeness (QED) is 0.355. The van der Waals surface area contributed by atoms with Crippen LogP contribution in [-0.2, 0) is 0 Å². The predicted molar refractivity (Wildman–Crippen MR) is 157 cm³/mol. The van der Waals surface area contributed by atoms with Gasteiger partial charge in [-0.3, -0.25) is 4.90 Å². The van der Waals surface area contributed by atoms with Crippen LogP contribution in [0.5, 0.6) is 0 Å². The highest BCUT2D eigenvalue weighted by Crippen LogP contribution is 2.49. The Kier molecular flexibility index (Phi) is 8.80. The fraction of sp³-hybridized carbons (Fsp3) is 0.484.